The van der Waals surface area contributed by atoms with Crippen molar-refractivity contribution in [2.75, 3.05) is 7.05 Å². The summed E-state index contributed by atoms with van der Waals surface area (Å²) in [6.45, 7) is 0.436. The molecule has 2 aromatic heterocycles. The number of nitrogens with one attached hydrogen (secondary N) is 1. The molecule has 0 unspecified atom stereocenters. The lowest BCUT2D eigenvalue weighted by Crippen LogP contribution is -2.42. The summed E-state index contributed by atoms with van der Waals surface area (Å²) >= 11 is 0. The Bertz CT molecular complexity index is 913. The van der Waals surface area contributed by atoms with Crippen molar-refractivity contribution in [1.82, 2.24) is 24.8 Å². The zero-order chi connectivity index (χ0) is 17.9. The Morgan fingerprint density at radius 3 is 2.85 bits per heavy atom. The number of carbonyl (C=O) groups is 1. The number of aromatic nitrogens is 3. The number of imidazole rings is 1. The summed E-state index contributed by atoms with van der Waals surface area (Å²) in [5.74, 6) is 0.796. The Morgan fingerprint density at radius 2 is 2.00 bits per heavy atom. The summed E-state index contributed by atoms with van der Waals surface area (Å²) in [5, 5.41) is 3.04. The molecule has 6 nitrogen and oxygen atoms in total. The molecule has 4 rings (SSSR count). The lowest BCUT2D eigenvalue weighted by Gasteiger charge is -2.24. The van der Waals surface area contributed by atoms with Gasteiger partial charge < -0.3 is 10.2 Å². The van der Waals surface area contributed by atoms with Crippen LogP contribution < -0.4 is 5.32 Å². The van der Waals surface area contributed by atoms with E-state index in [2.05, 4.69) is 15.3 Å². The summed E-state index contributed by atoms with van der Waals surface area (Å²) in [6.07, 6.45) is 8.17. The highest BCUT2D eigenvalue weighted by molar-refractivity contribution is 5.77. The molecule has 6 heteroatoms. The van der Waals surface area contributed by atoms with Crippen LogP contribution in [0.25, 0.3) is 16.9 Å². The molecule has 1 aliphatic carbocycles. The SMILES string of the molecule is CN(C(=O)NCc1cccnc1-n1cnc2ccccc21)C1CCCC1. The first-order chi connectivity index (χ1) is 12.7. The molecule has 0 atom stereocenters. The Labute approximate surface area is 152 Å². The van der Waals surface area contributed by atoms with E-state index in [1.807, 2.05) is 52.9 Å². The van der Waals surface area contributed by atoms with Crippen molar-refractivity contribution >= 4 is 17.1 Å². The molecule has 0 bridgehead atoms. The van der Waals surface area contributed by atoms with E-state index in [9.17, 15) is 4.79 Å². The van der Waals surface area contributed by atoms with Gasteiger partial charge in [0.15, 0.2) is 0 Å². The average Bonchev–Trinajstić information content (AvgIpc) is 3.35. The van der Waals surface area contributed by atoms with Gasteiger partial charge in [-0.3, -0.25) is 4.57 Å². The number of pyridine rings is 1. The maximum atomic E-state index is 12.5. The second kappa shape index (κ2) is 7.15. The minimum Gasteiger partial charge on any atom is -0.334 e. The quantitative estimate of drug-likeness (QED) is 0.784. The van der Waals surface area contributed by atoms with Gasteiger partial charge in [0, 0.05) is 31.4 Å². The topological polar surface area (TPSA) is 63.1 Å². The number of urea groups is 1. The van der Waals surface area contributed by atoms with Crippen molar-refractivity contribution < 1.29 is 4.79 Å². The van der Waals surface area contributed by atoms with Crippen LogP contribution >= 0.6 is 0 Å². The second-order valence-corrected chi connectivity index (χ2v) is 6.80. The maximum Gasteiger partial charge on any atom is 0.317 e. The van der Waals surface area contributed by atoms with Crippen molar-refractivity contribution in [2.45, 2.75) is 38.3 Å². The highest BCUT2D eigenvalue weighted by Gasteiger charge is 2.23. The highest BCUT2D eigenvalue weighted by atomic mass is 16.2. The first-order valence-corrected chi connectivity index (χ1v) is 9.11. The minimum absolute atomic E-state index is 0.0257. The van der Waals surface area contributed by atoms with Crippen LogP contribution in [0.1, 0.15) is 31.2 Å². The average molecular weight is 349 g/mol. The molecular formula is C20H23N5O. The summed E-state index contributed by atoms with van der Waals surface area (Å²) in [7, 11) is 1.89. The first kappa shape index (κ1) is 16.6. The van der Waals surface area contributed by atoms with Gasteiger partial charge in [-0.05, 0) is 31.0 Å². The molecule has 1 aliphatic rings. The molecule has 1 fully saturated rings. The third-order valence-corrected chi connectivity index (χ3v) is 5.17. The van der Waals surface area contributed by atoms with Gasteiger partial charge in [-0.1, -0.05) is 31.0 Å². The van der Waals surface area contributed by atoms with E-state index >= 15 is 0 Å². The number of hydrogen-bond donors (Lipinski definition) is 1. The van der Waals surface area contributed by atoms with Crippen LogP contribution in [-0.2, 0) is 6.54 Å². The molecule has 0 saturated heterocycles. The number of benzene rings is 1. The summed E-state index contributed by atoms with van der Waals surface area (Å²) in [4.78, 5) is 23.3. The fourth-order valence-corrected chi connectivity index (χ4v) is 3.67. The van der Waals surface area contributed by atoms with Gasteiger partial charge >= 0.3 is 6.03 Å². The van der Waals surface area contributed by atoms with E-state index in [1.54, 1.807) is 12.5 Å². The van der Waals surface area contributed by atoms with Crippen molar-refractivity contribution in [3.63, 3.8) is 0 Å². The Morgan fingerprint density at radius 1 is 1.19 bits per heavy atom. The van der Waals surface area contributed by atoms with Crippen molar-refractivity contribution in [3.8, 4) is 5.82 Å². The van der Waals surface area contributed by atoms with Crippen LogP contribution in [0.15, 0.2) is 48.9 Å². The maximum absolute atomic E-state index is 12.5. The zero-order valence-corrected chi connectivity index (χ0v) is 14.9. The van der Waals surface area contributed by atoms with Gasteiger partial charge in [-0.15, -0.1) is 0 Å². The molecule has 0 aliphatic heterocycles. The highest BCUT2D eigenvalue weighted by Crippen LogP contribution is 2.23. The van der Waals surface area contributed by atoms with Crippen LogP contribution in [0.2, 0.25) is 0 Å². The van der Waals surface area contributed by atoms with E-state index in [-0.39, 0.29) is 6.03 Å². The molecule has 3 aromatic rings. The van der Waals surface area contributed by atoms with E-state index in [0.29, 0.717) is 12.6 Å². The third kappa shape index (κ3) is 3.14. The molecule has 1 N–H and O–H groups in total. The Kier molecular flexibility index (Phi) is 4.56. The molecule has 0 radical (unpaired) electrons. The molecular weight excluding hydrogens is 326 g/mol. The summed E-state index contributed by atoms with van der Waals surface area (Å²) < 4.78 is 1.97. The fraction of sp³-hybridized carbons (Fsp3) is 0.350. The summed E-state index contributed by atoms with van der Waals surface area (Å²) in [5.41, 5.74) is 2.89. The number of carbonyl (C=O) groups excluding carboxylic acids is 1. The van der Waals surface area contributed by atoms with Gasteiger partial charge in [-0.25, -0.2) is 14.8 Å². The molecule has 1 saturated carbocycles. The fourth-order valence-electron chi connectivity index (χ4n) is 3.67. The van der Waals surface area contributed by atoms with E-state index in [0.717, 1.165) is 35.3 Å². The molecule has 1 aromatic carbocycles. The van der Waals surface area contributed by atoms with Gasteiger partial charge in [0.05, 0.1) is 11.0 Å². The Hall–Kier alpha value is -2.89. The number of rotatable bonds is 4. The van der Waals surface area contributed by atoms with Gasteiger partial charge in [0.2, 0.25) is 0 Å². The van der Waals surface area contributed by atoms with Gasteiger partial charge in [-0.2, -0.15) is 0 Å². The lowest BCUT2D eigenvalue weighted by atomic mass is 10.2. The van der Waals surface area contributed by atoms with Crippen LogP contribution in [0, 0.1) is 0 Å². The third-order valence-electron chi connectivity index (χ3n) is 5.17. The first-order valence-electron chi connectivity index (χ1n) is 9.11. The number of hydrogen-bond acceptors (Lipinski definition) is 3. The van der Waals surface area contributed by atoms with Crippen molar-refractivity contribution in [1.29, 1.82) is 0 Å². The summed E-state index contributed by atoms with van der Waals surface area (Å²) in [6, 6.07) is 12.2. The number of para-hydroxylation sites is 2. The van der Waals surface area contributed by atoms with Crippen molar-refractivity contribution in [3.05, 3.63) is 54.5 Å². The zero-order valence-electron chi connectivity index (χ0n) is 14.9. The smallest absolute Gasteiger partial charge is 0.317 e. The predicted octanol–water partition coefficient (Wildman–Crippen LogP) is 3.50. The second-order valence-electron chi connectivity index (χ2n) is 6.80. The van der Waals surface area contributed by atoms with Gasteiger partial charge in [0.25, 0.3) is 0 Å². The number of amides is 2. The van der Waals surface area contributed by atoms with Crippen LogP contribution in [-0.4, -0.2) is 38.6 Å². The van der Waals surface area contributed by atoms with Gasteiger partial charge in [0.1, 0.15) is 12.1 Å². The number of fused-ring (bicyclic) bond motifs is 1. The van der Waals surface area contributed by atoms with Crippen LogP contribution in [0.3, 0.4) is 0 Å². The molecule has 134 valence electrons. The van der Waals surface area contributed by atoms with Crippen LogP contribution in [0.4, 0.5) is 4.79 Å². The minimum atomic E-state index is -0.0257. The van der Waals surface area contributed by atoms with E-state index < -0.39 is 0 Å². The molecule has 26 heavy (non-hydrogen) atoms. The van der Waals surface area contributed by atoms with Crippen molar-refractivity contribution in [2.24, 2.45) is 0 Å². The largest absolute Gasteiger partial charge is 0.334 e. The molecule has 2 amide bonds. The Balaban J connectivity index is 1.54. The lowest BCUT2D eigenvalue weighted by molar-refractivity contribution is 0.190. The standard InChI is InChI=1S/C20H23N5O/c1-24(16-8-2-3-9-16)20(26)22-13-15-7-6-12-21-19(15)25-14-23-17-10-4-5-11-18(17)25/h4-7,10-12,14,16H,2-3,8-9,13H2,1H3,(H,22,26). The predicted molar refractivity (Wildman–Crippen MR) is 101 cm³/mol. The van der Waals surface area contributed by atoms with E-state index in [4.69, 9.17) is 0 Å². The monoisotopic (exact) mass is 349 g/mol. The van der Waals surface area contributed by atoms with E-state index in [1.165, 1.54) is 12.8 Å². The van der Waals surface area contributed by atoms with Crippen LogP contribution in [0.5, 0.6) is 0 Å². The molecule has 2 heterocycles. The molecule has 0 spiro atoms. The number of nitrogens with zero attached hydrogens (tertiary/aromatic N) is 4. The normalized spacial score (nSPS) is 14.7.